The van der Waals surface area contributed by atoms with Gasteiger partial charge in [0.1, 0.15) is 0 Å². The van der Waals surface area contributed by atoms with Crippen molar-refractivity contribution in [1.29, 1.82) is 0 Å². The third kappa shape index (κ3) is 3.90. The summed E-state index contributed by atoms with van der Waals surface area (Å²) in [5.41, 5.74) is 0. The van der Waals surface area contributed by atoms with E-state index in [2.05, 4.69) is 31.9 Å². The predicted octanol–water partition coefficient (Wildman–Crippen LogP) is 6.14. The summed E-state index contributed by atoms with van der Waals surface area (Å²) >= 11 is 4.22. The molecule has 1 unspecified atom stereocenters. The summed E-state index contributed by atoms with van der Waals surface area (Å²) in [5, 5.41) is -5.47. The van der Waals surface area contributed by atoms with Crippen molar-refractivity contribution in [2.24, 2.45) is 0 Å². The van der Waals surface area contributed by atoms with E-state index in [4.69, 9.17) is 0 Å². The lowest BCUT2D eigenvalue weighted by Gasteiger charge is -2.29. The first-order valence-electron chi connectivity index (χ1n) is 4.66. The summed E-state index contributed by atoms with van der Waals surface area (Å²) in [5.74, 6) is -6.24. The first kappa shape index (κ1) is 18.3. The summed E-state index contributed by atoms with van der Waals surface area (Å²) in [4.78, 5) is -0.753. The molecule has 0 aromatic carbocycles. The van der Waals surface area contributed by atoms with Crippen LogP contribution in [0.1, 0.15) is 6.42 Å². The monoisotopic (exact) mass is 454 g/mol. The standard InChI is InChI=1S/C9H4Br2F8S/c10-4-1-5(3-6(11,12)2-4)20-9(18,19)7(13,14)8(15,16)17/h1,3H,2H2. The third-order valence-corrected chi connectivity index (χ3v) is 4.03. The molecular weight excluding hydrogens is 452 g/mol. The quantitative estimate of drug-likeness (QED) is 0.364. The maximum absolute atomic E-state index is 13.6. The minimum atomic E-state index is -6.42. The van der Waals surface area contributed by atoms with Crippen LogP contribution in [-0.2, 0) is 0 Å². The Morgan fingerprint density at radius 3 is 2.00 bits per heavy atom. The van der Waals surface area contributed by atoms with Crippen LogP contribution >= 0.6 is 43.6 Å². The highest BCUT2D eigenvalue weighted by molar-refractivity contribution is 9.12. The predicted molar refractivity (Wildman–Crippen MR) is 66.0 cm³/mol. The molecular formula is C9H4Br2F8S. The smallest absolute Gasteiger partial charge is 0.226 e. The average Bonchev–Trinajstić information content (AvgIpc) is 2.10. The number of rotatable bonds is 3. The van der Waals surface area contributed by atoms with Crippen LogP contribution in [0.25, 0.3) is 0 Å². The molecule has 0 spiro atoms. The molecule has 11 heteroatoms. The number of allylic oxidation sites excluding steroid dienone is 3. The van der Waals surface area contributed by atoms with Gasteiger partial charge in [-0.3, -0.25) is 0 Å². The van der Waals surface area contributed by atoms with Gasteiger partial charge in [0.15, 0.2) is 4.58 Å². The van der Waals surface area contributed by atoms with Gasteiger partial charge in [0.25, 0.3) is 0 Å². The zero-order chi connectivity index (χ0) is 16.0. The average molecular weight is 456 g/mol. The number of hydrogen-bond acceptors (Lipinski definition) is 1. The van der Waals surface area contributed by atoms with Gasteiger partial charge in [-0.2, -0.15) is 30.7 Å². The SMILES string of the molecule is FC1(Br)C=C(SC(F)(F)C(F)(F)C(F)(F)F)C=C(Br)C1. The van der Waals surface area contributed by atoms with Gasteiger partial charge < -0.3 is 0 Å². The fraction of sp³-hybridized carbons (Fsp3) is 0.556. The highest BCUT2D eigenvalue weighted by atomic mass is 79.9. The first-order chi connectivity index (χ1) is 8.68. The van der Waals surface area contributed by atoms with Crippen LogP contribution in [0, 0.1) is 0 Å². The Hall–Kier alpha value is 0.230. The maximum atomic E-state index is 13.6. The lowest BCUT2D eigenvalue weighted by molar-refractivity contribution is -0.330. The van der Waals surface area contributed by atoms with Gasteiger partial charge >= 0.3 is 17.4 Å². The molecule has 0 saturated heterocycles. The Kier molecular flexibility index (Phi) is 4.99. The van der Waals surface area contributed by atoms with Crippen molar-refractivity contribution >= 4 is 43.6 Å². The van der Waals surface area contributed by atoms with Crippen LogP contribution < -0.4 is 0 Å². The van der Waals surface area contributed by atoms with Crippen molar-refractivity contribution in [2.45, 2.75) is 28.4 Å². The molecule has 1 atom stereocenters. The van der Waals surface area contributed by atoms with Gasteiger partial charge in [-0.1, -0.05) is 15.9 Å². The number of hydrogen-bond donors (Lipinski definition) is 0. The molecule has 0 radical (unpaired) electrons. The van der Waals surface area contributed by atoms with Crippen molar-refractivity contribution in [1.82, 2.24) is 0 Å². The summed E-state index contributed by atoms with van der Waals surface area (Å²) in [6.45, 7) is 0. The summed E-state index contributed by atoms with van der Waals surface area (Å²) in [6.07, 6.45) is -5.37. The van der Waals surface area contributed by atoms with E-state index < -0.39 is 38.6 Å². The van der Waals surface area contributed by atoms with Crippen LogP contribution in [0.5, 0.6) is 0 Å². The Morgan fingerprint density at radius 2 is 1.60 bits per heavy atom. The molecule has 0 aliphatic heterocycles. The van der Waals surface area contributed by atoms with Gasteiger partial charge in [0, 0.05) is 15.8 Å². The van der Waals surface area contributed by atoms with Crippen LogP contribution in [0.3, 0.4) is 0 Å². The molecule has 0 saturated carbocycles. The van der Waals surface area contributed by atoms with E-state index in [1.165, 1.54) is 0 Å². The van der Waals surface area contributed by atoms with Gasteiger partial charge in [-0.25, -0.2) is 4.39 Å². The highest BCUT2D eigenvalue weighted by Crippen LogP contribution is 2.55. The minimum Gasteiger partial charge on any atom is -0.226 e. The first-order valence-corrected chi connectivity index (χ1v) is 7.06. The Bertz CT molecular complexity index is 451. The third-order valence-electron chi connectivity index (χ3n) is 2.02. The van der Waals surface area contributed by atoms with Gasteiger partial charge in [0.2, 0.25) is 0 Å². The summed E-state index contributed by atoms with van der Waals surface area (Å²) < 4.78 is 98.8. The van der Waals surface area contributed by atoms with Crippen molar-refractivity contribution in [3.8, 4) is 0 Å². The van der Waals surface area contributed by atoms with Crippen LogP contribution in [0.2, 0.25) is 0 Å². The van der Waals surface area contributed by atoms with Crippen LogP contribution in [0.15, 0.2) is 21.5 Å². The topological polar surface area (TPSA) is 0 Å². The number of halogens is 10. The summed E-state index contributed by atoms with van der Waals surface area (Å²) in [7, 11) is 0. The Morgan fingerprint density at radius 1 is 1.10 bits per heavy atom. The van der Waals surface area contributed by atoms with Crippen LogP contribution in [-0.4, -0.2) is 21.9 Å². The van der Waals surface area contributed by atoms with E-state index in [0.29, 0.717) is 6.08 Å². The molecule has 20 heavy (non-hydrogen) atoms. The van der Waals surface area contributed by atoms with Gasteiger partial charge in [0.05, 0.1) is 0 Å². The molecule has 1 aliphatic rings. The molecule has 0 fully saturated rings. The van der Waals surface area contributed by atoms with E-state index in [-0.39, 0.29) is 10.9 Å². The lowest BCUT2D eigenvalue weighted by Crippen LogP contribution is -2.50. The molecule has 0 aromatic rings. The lowest BCUT2D eigenvalue weighted by atomic mass is 10.2. The Labute approximate surface area is 128 Å². The normalized spacial score (nSPS) is 25.3. The molecule has 116 valence electrons. The highest BCUT2D eigenvalue weighted by Gasteiger charge is 2.73. The van der Waals surface area contributed by atoms with Crippen molar-refractivity contribution in [3.05, 3.63) is 21.5 Å². The zero-order valence-corrected chi connectivity index (χ0v) is 13.0. The van der Waals surface area contributed by atoms with E-state index >= 15 is 0 Å². The molecule has 0 nitrogen and oxygen atoms in total. The number of alkyl halides is 9. The number of thioether (sulfide) groups is 1. The molecule has 0 N–H and O–H groups in total. The van der Waals surface area contributed by atoms with E-state index in [0.717, 1.165) is 6.08 Å². The fourth-order valence-corrected chi connectivity index (χ4v) is 4.04. The molecule has 0 bridgehead atoms. The van der Waals surface area contributed by atoms with Gasteiger partial charge in [-0.15, -0.1) is 0 Å². The second-order valence-electron chi connectivity index (χ2n) is 3.77. The van der Waals surface area contributed by atoms with Crippen LogP contribution in [0.4, 0.5) is 35.1 Å². The minimum absolute atomic E-state index is 0.0352. The summed E-state index contributed by atoms with van der Waals surface area (Å²) in [6, 6.07) is 0. The van der Waals surface area contributed by atoms with Crippen molar-refractivity contribution in [3.63, 3.8) is 0 Å². The largest absolute Gasteiger partial charge is 0.460 e. The molecule has 0 amide bonds. The van der Waals surface area contributed by atoms with E-state index in [1.54, 1.807) is 0 Å². The molecule has 1 rings (SSSR count). The second kappa shape index (κ2) is 5.45. The van der Waals surface area contributed by atoms with Gasteiger partial charge in [-0.05, 0) is 39.8 Å². The zero-order valence-electron chi connectivity index (χ0n) is 9.05. The molecule has 1 aliphatic carbocycles. The van der Waals surface area contributed by atoms with E-state index in [1.807, 2.05) is 0 Å². The molecule has 0 heterocycles. The van der Waals surface area contributed by atoms with Crippen molar-refractivity contribution in [2.75, 3.05) is 0 Å². The van der Waals surface area contributed by atoms with Crippen molar-refractivity contribution < 1.29 is 35.1 Å². The second-order valence-corrected chi connectivity index (χ2v) is 7.29. The maximum Gasteiger partial charge on any atom is 0.460 e. The van der Waals surface area contributed by atoms with E-state index in [9.17, 15) is 35.1 Å². The molecule has 0 aromatic heterocycles. The Balaban J connectivity index is 3.06. The fourth-order valence-electron chi connectivity index (χ4n) is 1.17.